The Kier molecular flexibility index (Phi) is 5.15. The standard InChI is InChI=1S/C19H25N3O4/c1-4-12(5-2)17(23)21-10-9-15-16(21)18(24)22(19(25)20-15)13-7-6-8-14(11-13)26-3/h6-8,11-12,15-16H,4-5,9-10H2,1-3H3,(H,20,25)/t15-,16+/m1/s1. The fraction of sp³-hybridized carbons (Fsp3) is 0.526. The van der Waals surface area contributed by atoms with Crippen LogP contribution >= 0.6 is 0 Å². The van der Waals surface area contributed by atoms with Gasteiger partial charge in [-0.1, -0.05) is 19.9 Å². The van der Waals surface area contributed by atoms with E-state index in [1.54, 1.807) is 29.2 Å². The van der Waals surface area contributed by atoms with Gasteiger partial charge in [0.25, 0.3) is 5.91 Å². The van der Waals surface area contributed by atoms with E-state index in [1.165, 1.54) is 7.11 Å². The van der Waals surface area contributed by atoms with Gasteiger partial charge in [0.05, 0.1) is 18.8 Å². The second-order valence-electron chi connectivity index (χ2n) is 6.71. The third kappa shape index (κ3) is 3.02. The summed E-state index contributed by atoms with van der Waals surface area (Å²) in [5.41, 5.74) is 0.437. The minimum absolute atomic E-state index is 0.00223. The molecule has 140 valence electrons. The fourth-order valence-corrected chi connectivity index (χ4v) is 3.82. The molecule has 2 aliphatic rings. The van der Waals surface area contributed by atoms with Gasteiger partial charge in [-0.2, -0.15) is 0 Å². The summed E-state index contributed by atoms with van der Waals surface area (Å²) in [6, 6.07) is 5.37. The van der Waals surface area contributed by atoms with Gasteiger partial charge in [0.15, 0.2) is 0 Å². The normalized spacial score (nSPS) is 22.5. The summed E-state index contributed by atoms with van der Waals surface area (Å²) >= 11 is 0. The first-order valence-electron chi connectivity index (χ1n) is 9.10. The van der Waals surface area contributed by atoms with Crippen LogP contribution in [0.15, 0.2) is 24.3 Å². The van der Waals surface area contributed by atoms with Gasteiger partial charge >= 0.3 is 6.03 Å². The molecule has 0 aromatic heterocycles. The number of anilines is 1. The van der Waals surface area contributed by atoms with Crippen molar-refractivity contribution in [3.8, 4) is 5.75 Å². The number of hydrogen-bond donors (Lipinski definition) is 1. The maximum atomic E-state index is 13.2. The number of nitrogens with one attached hydrogen (secondary N) is 1. The molecule has 0 aliphatic carbocycles. The molecule has 2 fully saturated rings. The van der Waals surface area contributed by atoms with Crippen molar-refractivity contribution in [3.63, 3.8) is 0 Å². The highest BCUT2D eigenvalue weighted by Gasteiger charge is 2.50. The number of rotatable bonds is 5. The van der Waals surface area contributed by atoms with Gasteiger partial charge in [-0.3, -0.25) is 9.59 Å². The van der Waals surface area contributed by atoms with Crippen LogP contribution in [0.25, 0.3) is 0 Å². The summed E-state index contributed by atoms with van der Waals surface area (Å²) in [5, 5.41) is 2.89. The van der Waals surface area contributed by atoms with Crippen molar-refractivity contribution in [2.24, 2.45) is 5.92 Å². The molecule has 7 nitrogen and oxygen atoms in total. The third-order valence-electron chi connectivity index (χ3n) is 5.31. The molecule has 0 spiro atoms. The Morgan fingerprint density at radius 2 is 2.04 bits per heavy atom. The van der Waals surface area contributed by atoms with Crippen molar-refractivity contribution < 1.29 is 19.1 Å². The molecule has 4 amide bonds. The highest BCUT2D eigenvalue weighted by atomic mass is 16.5. The number of fused-ring (bicyclic) bond motifs is 1. The average molecular weight is 359 g/mol. The van der Waals surface area contributed by atoms with Crippen LogP contribution in [0.2, 0.25) is 0 Å². The zero-order chi connectivity index (χ0) is 18.8. The lowest BCUT2D eigenvalue weighted by Crippen LogP contribution is -2.65. The second-order valence-corrected chi connectivity index (χ2v) is 6.71. The van der Waals surface area contributed by atoms with Crippen molar-refractivity contribution in [2.75, 3.05) is 18.6 Å². The lowest BCUT2D eigenvalue weighted by Gasteiger charge is -2.37. The Labute approximate surface area is 153 Å². The molecular weight excluding hydrogens is 334 g/mol. The predicted octanol–water partition coefficient (Wildman–Crippen LogP) is 2.16. The third-order valence-corrected chi connectivity index (χ3v) is 5.31. The van der Waals surface area contributed by atoms with Crippen LogP contribution in [0.5, 0.6) is 5.75 Å². The van der Waals surface area contributed by atoms with Gasteiger partial charge in [-0.25, -0.2) is 9.69 Å². The molecule has 7 heteroatoms. The Balaban J connectivity index is 1.90. The summed E-state index contributed by atoms with van der Waals surface area (Å²) in [5.74, 6) is 0.104. The summed E-state index contributed by atoms with van der Waals surface area (Å²) in [4.78, 5) is 41.3. The topological polar surface area (TPSA) is 79.0 Å². The van der Waals surface area contributed by atoms with Crippen molar-refractivity contribution in [1.29, 1.82) is 0 Å². The predicted molar refractivity (Wildman–Crippen MR) is 97.0 cm³/mol. The molecule has 1 aromatic rings. The van der Waals surface area contributed by atoms with Crippen LogP contribution in [-0.4, -0.2) is 48.5 Å². The molecule has 3 rings (SSSR count). The molecule has 1 N–H and O–H groups in total. The minimum Gasteiger partial charge on any atom is -0.497 e. The Morgan fingerprint density at radius 3 is 2.69 bits per heavy atom. The van der Waals surface area contributed by atoms with Crippen LogP contribution in [0.4, 0.5) is 10.5 Å². The number of carbonyl (C=O) groups is 3. The quantitative estimate of drug-likeness (QED) is 0.874. The maximum Gasteiger partial charge on any atom is 0.329 e. The number of benzene rings is 1. The Bertz CT molecular complexity index is 716. The van der Waals surface area contributed by atoms with Crippen molar-refractivity contribution >= 4 is 23.5 Å². The van der Waals surface area contributed by atoms with Crippen LogP contribution in [-0.2, 0) is 9.59 Å². The molecule has 0 radical (unpaired) electrons. The minimum atomic E-state index is -0.646. The molecule has 2 atom stereocenters. The number of urea groups is 1. The highest BCUT2D eigenvalue weighted by molar-refractivity contribution is 6.19. The molecule has 2 aliphatic heterocycles. The molecular formula is C19H25N3O4. The van der Waals surface area contributed by atoms with Gasteiger partial charge in [0, 0.05) is 18.5 Å². The second kappa shape index (κ2) is 7.35. The average Bonchev–Trinajstić information content (AvgIpc) is 3.06. The number of likely N-dealkylation sites (tertiary alicyclic amines) is 1. The van der Waals surface area contributed by atoms with Gasteiger partial charge < -0.3 is 15.0 Å². The summed E-state index contributed by atoms with van der Waals surface area (Å²) in [6.45, 7) is 4.45. The number of imide groups is 1. The number of ether oxygens (including phenoxy) is 1. The summed E-state index contributed by atoms with van der Waals surface area (Å²) in [6.07, 6.45) is 2.08. The Morgan fingerprint density at radius 1 is 1.31 bits per heavy atom. The number of nitrogens with zero attached hydrogens (tertiary/aromatic N) is 2. The van der Waals surface area contributed by atoms with E-state index in [-0.39, 0.29) is 23.8 Å². The molecule has 0 bridgehead atoms. The van der Waals surface area contributed by atoms with Crippen LogP contribution in [0.3, 0.4) is 0 Å². The van der Waals surface area contributed by atoms with E-state index < -0.39 is 12.1 Å². The monoisotopic (exact) mass is 359 g/mol. The smallest absolute Gasteiger partial charge is 0.329 e. The first-order chi connectivity index (χ1) is 12.5. The number of methoxy groups -OCH3 is 1. The van der Waals surface area contributed by atoms with E-state index in [1.807, 2.05) is 13.8 Å². The van der Waals surface area contributed by atoms with E-state index in [0.29, 0.717) is 24.4 Å². The van der Waals surface area contributed by atoms with E-state index in [4.69, 9.17) is 4.74 Å². The van der Waals surface area contributed by atoms with Crippen molar-refractivity contribution in [3.05, 3.63) is 24.3 Å². The molecule has 2 saturated heterocycles. The van der Waals surface area contributed by atoms with Crippen LogP contribution < -0.4 is 15.0 Å². The van der Waals surface area contributed by atoms with Crippen LogP contribution in [0.1, 0.15) is 33.1 Å². The van der Waals surface area contributed by atoms with Crippen LogP contribution in [0, 0.1) is 5.92 Å². The lowest BCUT2D eigenvalue weighted by molar-refractivity contribution is -0.141. The fourth-order valence-electron chi connectivity index (χ4n) is 3.82. The zero-order valence-electron chi connectivity index (χ0n) is 15.4. The Hall–Kier alpha value is -2.57. The number of hydrogen-bond acceptors (Lipinski definition) is 4. The van der Waals surface area contributed by atoms with E-state index in [2.05, 4.69) is 5.32 Å². The molecule has 1 aromatic carbocycles. The van der Waals surface area contributed by atoms with E-state index in [9.17, 15) is 14.4 Å². The molecule has 0 unspecified atom stereocenters. The van der Waals surface area contributed by atoms with Gasteiger partial charge in [0.1, 0.15) is 11.8 Å². The molecule has 26 heavy (non-hydrogen) atoms. The lowest BCUT2D eigenvalue weighted by atomic mass is 9.99. The van der Waals surface area contributed by atoms with Gasteiger partial charge in [-0.05, 0) is 31.4 Å². The first kappa shape index (κ1) is 18.2. The number of carbonyl (C=O) groups excluding carboxylic acids is 3. The SMILES string of the molecule is CCC(CC)C(=O)N1CC[C@H]2NC(=O)N(c3cccc(OC)c3)C(=O)[C@H]21. The summed E-state index contributed by atoms with van der Waals surface area (Å²) in [7, 11) is 1.53. The van der Waals surface area contributed by atoms with E-state index in [0.717, 1.165) is 17.7 Å². The van der Waals surface area contributed by atoms with E-state index >= 15 is 0 Å². The molecule has 2 heterocycles. The first-order valence-corrected chi connectivity index (χ1v) is 9.10. The zero-order valence-corrected chi connectivity index (χ0v) is 15.4. The maximum absolute atomic E-state index is 13.2. The molecule has 0 saturated carbocycles. The summed E-state index contributed by atoms with van der Waals surface area (Å²) < 4.78 is 5.19. The van der Waals surface area contributed by atoms with Gasteiger partial charge in [-0.15, -0.1) is 0 Å². The number of amides is 4. The largest absolute Gasteiger partial charge is 0.497 e. The van der Waals surface area contributed by atoms with Crippen molar-refractivity contribution in [1.82, 2.24) is 10.2 Å². The van der Waals surface area contributed by atoms with Gasteiger partial charge in [0.2, 0.25) is 5.91 Å². The van der Waals surface area contributed by atoms with Crippen molar-refractivity contribution in [2.45, 2.75) is 45.2 Å². The highest BCUT2D eigenvalue weighted by Crippen LogP contribution is 2.30.